The number of ether oxygens (including phenoxy) is 1. The molecule has 2 rings (SSSR count). The summed E-state index contributed by atoms with van der Waals surface area (Å²) >= 11 is 0. The molecule has 0 saturated carbocycles. The van der Waals surface area contributed by atoms with E-state index in [0.29, 0.717) is 23.5 Å². The third-order valence-corrected chi connectivity index (χ3v) is 4.00. The largest absolute Gasteiger partial charge is 0.494 e. The van der Waals surface area contributed by atoms with Gasteiger partial charge in [-0.1, -0.05) is 32.3 Å². The Labute approximate surface area is 160 Å². The number of hydrogen-bond donors (Lipinski definition) is 3. The molecule has 0 bridgehead atoms. The standard InChI is InChI=1S/C21H27N3O3/c1-2-3-4-5-13-27-19-11-9-17(10-12-19)24-20(25)15-23-18-8-6-7-16(14-18)21(22)26/h6-12,14,23H,2-5,13,15H2,1H3,(H2,22,26)(H,24,25). The molecule has 0 aliphatic carbocycles. The van der Waals surface area contributed by atoms with Crippen LogP contribution in [-0.2, 0) is 4.79 Å². The lowest BCUT2D eigenvalue weighted by Gasteiger charge is -2.10. The smallest absolute Gasteiger partial charge is 0.248 e. The van der Waals surface area contributed by atoms with Crippen molar-refractivity contribution in [2.75, 3.05) is 23.8 Å². The second kappa shape index (κ2) is 10.9. The molecule has 0 unspecified atom stereocenters. The zero-order chi connectivity index (χ0) is 19.5. The first kappa shape index (κ1) is 20.3. The summed E-state index contributed by atoms with van der Waals surface area (Å²) in [6, 6.07) is 14.0. The van der Waals surface area contributed by atoms with Gasteiger partial charge < -0.3 is 21.1 Å². The van der Waals surface area contributed by atoms with Crippen molar-refractivity contribution in [1.82, 2.24) is 0 Å². The summed E-state index contributed by atoms with van der Waals surface area (Å²) < 4.78 is 5.69. The van der Waals surface area contributed by atoms with Gasteiger partial charge in [0, 0.05) is 16.9 Å². The highest BCUT2D eigenvalue weighted by molar-refractivity contribution is 5.95. The van der Waals surface area contributed by atoms with E-state index in [-0.39, 0.29) is 12.5 Å². The Bertz CT molecular complexity index is 745. The first-order valence-corrected chi connectivity index (χ1v) is 9.25. The first-order valence-electron chi connectivity index (χ1n) is 9.25. The van der Waals surface area contributed by atoms with E-state index >= 15 is 0 Å². The Morgan fingerprint density at radius 1 is 1.00 bits per heavy atom. The number of benzene rings is 2. The molecule has 0 spiro atoms. The molecule has 0 heterocycles. The molecule has 0 saturated heterocycles. The highest BCUT2D eigenvalue weighted by Gasteiger charge is 2.05. The van der Waals surface area contributed by atoms with Crippen molar-refractivity contribution < 1.29 is 14.3 Å². The number of anilines is 2. The molecule has 0 aromatic heterocycles. The number of primary amides is 1. The molecule has 6 heteroatoms. The van der Waals surface area contributed by atoms with Gasteiger partial charge in [-0.05, 0) is 48.9 Å². The number of hydrogen-bond acceptors (Lipinski definition) is 4. The van der Waals surface area contributed by atoms with Crippen molar-refractivity contribution in [3.63, 3.8) is 0 Å². The van der Waals surface area contributed by atoms with Crippen LogP contribution in [0, 0.1) is 0 Å². The minimum atomic E-state index is -0.504. The molecule has 0 aliphatic heterocycles. The van der Waals surface area contributed by atoms with Crippen LogP contribution < -0.4 is 21.1 Å². The van der Waals surface area contributed by atoms with Gasteiger partial charge in [-0.3, -0.25) is 9.59 Å². The van der Waals surface area contributed by atoms with Gasteiger partial charge in [0.05, 0.1) is 13.2 Å². The predicted octanol–water partition coefficient (Wildman–Crippen LogP) is 3.80. The van der Waals surface area contributed by atoms with Crippen LogP contribution in [-0.4, -0.2) is 25.0 Å². The molecule has 2 aromatic rings. The monoisotopic (exact) mass is 369 g/mol. The lowest BCUT2D eigenvalue weighted by atomic mass is 10.2. The SMILES string of the molecule is CCCCCCOc1ccc(NC(=O)CNc2cccc(C(N)=O)c2)cc1. The molecule has 2 amide bonds. The fourth-order valence-corrected chi connectivity index (χ4v) is 2.52. The molecule has 144 valence electrons. The van der Waals surface area contributed by atoms with E-state index in [2.05, 4.69) is 17.6 Å². The Morgan fingerprint density at radius 3 is 2.48 bits per heavy atom. The van der Waals surface area contributed by atoms with Crippen LogP contribution in [0.1, 0.15) is 43.0 Å². The quantitative estimate of drug-likeness (QED) is 0.525. The van der Waals surface area contributed by atoms with E-state index in [1.807, 2.05) is 24.3 Å². The van der Waals surface area contributed by atoms with Gasteiger partial charge in [0.2, 0.25) is 11.8 Å². The van der Waals surface area contributed by atoms with Crippen LogP contribution in [0.3, 0.4) is 0 Å². The van der Waals surface area contributed by atoms with Gasteiger partial charge in [-0.25, -0.2) is 0 Å². The van der Waals surface area contributed by atoms with E-state index in [9.17, 15) is 9.59 Å². The third kappa shape index (κ3) is 7.40. The maximum atomic E-state index is 12.1. The minimum Gasteiger partial charge on any atom is -0.494 e. The second-order valence-corrected chi connectivity index (χ2v) is 6.28. The van der Waals surface area contributed by atoms with E-state index in [4.69, 9.17) is 10.5 Å². The third-order valence-electron chi connectivity index (χ3n) is 4.00. The lowest BCUT2D eigenvalue weighted by Crippen LogP contribution is -2.22. The summed E-state index contributed by atoms with van der Waals surface area (Å²) in [6.07, 6.45) is 4.67. The van der Waals surface area contributed by atoms with Crippen molar-refractivity contribution in [2.45, 2.75) is 32.6 Å². The molecule has 0 fully saturated rings. The zero-order valence-corrected chi connectivity index (χ0v) is 15.7. The van der Waals surface area contributed by atoms with Crippen molar-refractivity contribution >= 4 is 23.2 Å². The Kier molecular flexibility index (Phi) is 8.16. The summed E-state index contributed by atoms with van der Waals surface area (Å²) in [5.41, 5.74) is 7.00. The fourth-order valence-electron chi connectivity index (χ4n) is 2.52. The van der Waals surface area contributed by atoms with Crippen LogP contribution in [0.5, 0.6) is 5.75 Å². The average Bonchev–Trinajstić information content (AvgIpc) is 2.68. The molecule has 0 radical (unpaired) electrons. The van der Waals surface area contributed by atoms with Crippen molar-refractivity contribution in [2.24, 2.45) is 5.73 Å². The van der Waals surface area contributed by atoms with Gasteiger partial charge >= 0.3 is 0 Å². The Hall–Kier alpha value is -3.02. The van der Waals surface area contributed by atoms with Crippen molar-refractivity contribution in [3.05, 3.63) is 54.1 Å². The number of carbonyl (C=O) groups is 2. The summed E-state index contributed by atoms with van der Waals surface area (Å²) in [5.74, 6) is 0.106. The summed E-state index contributed by atoms with van der Waals surface area (Å²) in [7, 11) is 0. The van der Waals surface area contributed by atoms with Gasteiger partial charge in [-0.2, -0.15) is 0 Å². The van der Waals surface area contributed by atoms with Crippen LogP contribution in [0.2, 0.25) is 0 Å². The molecular formula is C21H27N3O3. The van der Waals surface area contributed by atoms with E-state index in [0.717, 1.165) is 12.2 Å². The van der Waals surface area contributed by atoms with Crippen LogP contribution in [0.15, 0.2) is 48.5 Å². The molecular weight excluding hydrogens is 342 g/mol. The molecule has 27 heavy (non-hydrogen) atoms. The highest BCUT2D eigenvalue weighted by Crippen LogP contribution is 2.16. The number of amides is 2. The van der Waals surface area contributed by atoms with Crippen LogP contribution in [0.25, 0.3) is 0 Å². The van der Waals surface area contributed by atoms with Gasteiger partial charge in [0.1, 0.15) is 5.75 Å². The molecule has 4 N–H and O–H groups in total. The number of rotatable bonds is 11. The van der Waals surface area contributed by atoms with Gasteiger partial charge in [0.25, 0.3) is 0 Å². The molecule has 6 nitrogen and oxygen atoms in total. The Morgan fingerprint density at radius 2 is 1.78 bits per heavy atom. The number of nitrogens with one attached hydrogen (secondary N) is 2. The Balaban J connectivity index is 1.75. The molecule has 0 aliphatic rings. The zero-order valence-electron chi connectivity index (χ0n) is 15.7. The van der Waals surface area contributed by atoms with Crippen molar-refractivity contribution in [1.29, 1.82) is 0 Å². The highest BCUT2D eigenvalue weighted by atomic mass is 16.5. The maximum Gasteiger partial charge on any atom is 0.248 e. The van der Waals surface area contributed by atoms with Crippen LogP contribution in [0.4, 0.5) is 11.4 Å². The molecule has 0 atom stereocenters. The van der Waals surface area contributed by atoms with Gasteiger partial charge in [0.15, 0.2) is 0 Å². The maximum absolute atomic E-state index is 12.1. The minimum absolute atomic E-state index is 0.0812. The van der Waals surface area contributed by atoms with Crippen molar-refractivity contribution in [3.8, 4) is 5.75 Å². The first-order chi connectivity index (χ1) is 13.1. The second-order valence-electron chi connectivity index (χ2n) is 6.28. The number of unbranched alkanes of at least 4 members (excludes halogenated alkanes) is 3. The topological polar surface area (TPSA) is 93.4 Å². The number of nitrogens with two attached hydrogens (primary N) is 1. The summed E-state index contributed by atoms with van der Waals surface area (Å²) in [4.78, 5) is 23.2. The van der Waals surface area contributed by atoms with Gasteiger partial charge in [-0.15, -0.1) is 0 Å². The lowest BCUT2D eigenvalue weighted by molar-refractivity contribution is -0.114. The van der Waals surface area contributed by atoms with E-state index in [1.165, 1.54) is 19.3 Å². The summed E-state index contributed by atoms with van der Waals surface area (Å²) in [6.45, 7) is 2.97. The average molecular weight is 369 g/mol. The number of carbonyl (C=O) groups excluding carboxylic acids is 2. The normalized spacial score (nSPS) is 10.3. The predicted molar refractivity (Wildman–Crippen MR) is 108 cm³/mol. The molecule has 2 aromatic carbocycles. The van der Waals surface area contributed by atoms with E-state index in [1.54, 1.807) is 24.3 Å². The van der Waals surface area contributed by atoms with E-state index < -0.39 is 5.91 Å². The summed E-state index contributed by atoms with van der Waals surface area (Å²) in [5, 5.41) is 5.78. The van der Waals surface area contributed by atoms with Crippen LogP contribution >= 0.6 is 0 Å². The fraction of sp³-hybridized carbons (Fsp3) is 0.333.